The molecule has 0 bridgehead atoms. The van der Waals surface area contributed by atoms with Crippen molar-refractivity contribution in [3.63, 3.8) is 0 Å². The minimum Gasteiger partial charge on any atom is -0.294 e. The maximum atomic E-state index is 6.01. The van der Waals surface area contributed by atoms with Crippen molar-refractivity contribution in [2.24, 2.45) is 0 Å². The van der Waals surface area contributed by atoms with Crippen LogP contribution in [0.25, 0.3) is 16.6 Å². The Morgan fingerprint density at radius 1 is 1.26 bits per heavy atom. The summed E-state index contributed by atoms with van der Waals surface area (Å²) < 4.78 is 1.94. The first-order valence-corrected chi connectivity index (χ1v) is 6.17. The second kappa shape index (κ2) is 6.47. The van der Waals surface area contributed by atoms with E-state index in [1.54, 1.807) is 12.5 Å². The van der Waals surface area contributed by atoms with E-state index in [4.69, 9.17) is 11.6 Å². The zero-order valence-electron chi connectivity index (χ0n) is 10.7. The van der Waals surface area contributed by atoms with Crippen LogP contribution in [0.2, 0.25) is 5.15 Å². The monoisotopic (exact) mass is 279 g/mol. The lowest BCUT2D eigenvalue weighted by Gasteiger charge is -2.01. The highest BCUT2D eigenvalue weighted by Crippen LogP contribution is 2.20. The van der Waals surface area contributed by atoms with Crippen LogP contribution < -0.4 is 0 Å². The first-order valence-electron chi connectivity index (χ1n) is 5.79. The molecule has 5 nitrogen and oxygen atoms in total. The average molecular weight is 280 g/mol. The molecule has 0 radical (unpaired) electrons. The van der Waals surface area contributed by atoms with E-state index in [1.165, 1.54) is 7.11 Å². The minimum atomic E-state index is 0.487. The fourth-order valence-corrected chi connectivity index (χ4v) is 1.91. The van der Waals surface area contributed by atoms with Gasteiger partial charge < -0.3 is 0 Å². The number of halogens is 1. The third kappa shape index (κ3) is 3.01. The Labute approximate surface area is 115 Å². The first kappa shape index (κ1) is 13.7. The molecular weight excluding hydrogens is 266 g/mol. The fraction of sp³-hybridized carbons (Fsp3) is 0.231. The largest absolute Gasteiger partial charge is 0.294 e. The molecule has 0 saturated carbocycles. The van der Waals surface area contributed by atoms with E-state index in [0.717, 1.165) is 16.6 Å². The van der Waals surface area contributed by atoms with Gasteiger partial charge in [0.25, 0.3) is 0 Å². The van der Waals surface area contributed by atoms with Crippen LogP contribution >= 0.6 is 11.6 Å². The Bertz CT molecular complexity index is 667. The summed E-state index contributed by atoms with van der Waals surface area (Å²) in [5, 5.41) is 0.487. The summed E-state index contributed by atoms with van der Waals surface area (Å²) >= 11 is 6.01. The molecule has 0 saturated heterocycles. The number of hydrogen-bond donors (Lipinski definition) is 0. The highest BCUT2D eigenvalue weighted by atomic mass is 35.5. The molecule has 0 N–H and O–H groups in total. The summed E-state index contributed by atoms with van der Waals surface area (Å²) in [5.74, 6) is 0. The van der Waals surface area contributed by atoms with Crippen LogP contribution in [-0.2, 0) is 9.78 Å². The number of para-hydroxylation sites is 2. The number of benzene rings is 1. The lowest BCUT2D eigenvalue weighted by Crippen LogP contribution is -1.90. The molecule has 3 aromatic rings. The smallest absolute Gasteiger partial charge is 0.155 e. The average Bonchev–Trinajstić information content (AvgIpc) is 2.91. The fourth-order valence-electron chi connectivity index (χ4n) is 1.68. The molecule has 100 valence electrons. The molecule has 0 aliphatic rings. The molecule has 1 aromatic carbocycles. The second-order valence-corrected chi connectivity index (χ2v) is 3.97. The molecule has 0 fully saturated rings. The Hall–Kier alpha value is -1.69. The zero-order valence-corrected chi connectivity index (χ0v) is 11.5. The normalized spacial score (nSPS) is 10.5. The quantitative estimate of drug-likeness (QED) is 0.534. The van der Waals surface area contributed by atoms with E-state index in [-0.39, 0.29) is 0 Å². The van der Waals surface area contributed by atoms with Crippen LogP contribution in [0.4, 0.5) is 0 Å². The van der Waals surface area contributed by atoms with Gasteiger partial charge in [0.05, 0.1) is 37.3 Å². The molecule has 2 heterocycles. The van der Waals surface area contributed by atoms with Gasteiger partial charge in [0.1, 0.15) is 5.52 Å². The molecule has 0 atom stereocenters. The summed E-state index contributed by atoms with van der Waals surface area (Å²) in [6, 6.07) is 7.83. The van der Waals surface area contributed by atoms with Crippen LogP contribution in [0.5, 0.6) is 0 Å². The maximum Gasteiger partial charge on any atom is 0.155 e. The molecule has 0 unspecified atom stereocenters. The number of fused-ring (bicyclic) bond motifs is 3. The Balaban J connectivity index is 0.000000232. The summed E-state index contributed by atoms with van der Waals surface area (Å²) in [6.45, 7) is 2.49. The predicted octanol–water partition coefficient (Wildman–Crippen LogP) is 3.12. The summed E-state index contributed by atoms with van der Waals surface area (Å²) in [6.07, 6.45) is 3.45. The predicted molar refractivity (Wildman–Crippen MR) is 74.1 cm³/mol. The SMILES string of the molecule is CCOOC.Clc1nc2ccccc2n2cncc12. The maximum absolute atomic E-state index is 6.01. The zero-order chi connectivity index (χ0) is 13.7. The van der Waals surface area contributed by atoms with E-state index < -0.39 is 0 Å². The van der Waals surface area contributed by atoms with Gasteiger partial charge >= 0.3 is 0 Å². The van der Waals surface area contributed by atoms with Crippen LogP contribution in [0.1, 0.15) is 6.92 Å². The molecule has 0 aliphatic carbocycles. The van der Waals surface area contributed by atoms with Crippen LogP contribution in [0.3, 0.4) is 0 Å². The van der Waals surface area contributed by atoms with E-state index >= 15 is 0 Å². The van der Waals surface area contributed by atoms with Crippen molar-refractivity contribution in [3.8, 4) is 0 Å². The Morgan fingerprint density at radius 3 is 2.74 bits per heavy atom. The van der Waals surface area contributed by atoms with Crippen molar-refractivity contribution >= 4 is 28.2 Å². The van der Waals surface area contributed by atoms with Crippen molar-refractivity contribution in [2.45, 2.75) is 6.92 Å². The van der Waals surface area contributed by atoms with Gasteiger partial charge in [0, 0.05) is 0 Å². The van der Waals surface area contributed by atoms with Gasteiger partial charge in [0.15, 0.2) is 5.15 Å². The second-order valence-electron chi connectivity index (χ2n) is 3.61. The van der Waals surface area contributed by atoms with Gasteiger partial charge in [-0.1, -0.05) is 23.7 Å². The van der Waals surface area contributed by atoms with E-state index in [2.05, 4.69) is 19.7 Å². The third-order valence-electron chi connectivity index (χ3n) is 2.45. The number of imidazole rings is 1. The van der Waals surface area contributed by atoms with Crippen molar-refractivity contribution in [1.29, 1.82) is 0 Å². The van der Waals surface area contributed by atoms with E-state index in [9.17, 15) is 0 Å². The summed E-state index contributed by atoms with van der Waals surface area (Å²) in [5.41, 5.74) is 2.73. The van der Waals surface area contributed by atoms with Crippen LogP contribution in [-0.4, -0.2) is 28.1 Å². The molecule has 0 aliphatic heterocycles. The van der Waals surface area contributed by atoms with E-state index in [1.807, 2.05) is 35.6 Å². The van der Waals surface area contributed by atoms with Crippen LogP contribution in [0.15, 0.2) is 36.8 Å². The number of aromatic nitrogens is 3. The Kier molecular flexibility index (Phi) is 4.68. The van der Waals surface area contributed by atoms with Gasteiger partial charge in [-0.15, -0.1) is 0 Å². The topological polar surface area (TPSA) is 48.7 Å². The van der Waals surface area contributed by atoms with Crippen molar-refractivity contribution in [1.82, 2.24) is 14.4 Å². The number of rotatable bonds is 2. The first-order chi connectivity index (χ1) is 9.27. The summed E-state index contributed by atoms with van der Waals surface area (Å²) in [4.78, 5) is 16.9. The standard InChI is InChI=1S/C10H6ClN3.C3H8O2/c11-10-9-5-12-6-14(9)8-4-2-1-3-7(8)13-10;1-3-5-4-2/h1-6H;3H2,1-2H3. The van der Waals surface area contributed by atoms with Gasteiger partial charge in [0.2, 0.25) is 0 Å². The molecule has 2 aromatic heterocycles. The van der Waals surface area contributed by atoms with E-state index in [0.29, 0.717) is 11.8 Å². The minimum absolute atomic E-state index is 0.487. The van der Waals surface area contributed by atoms with Crippen molar-refractivity contribution < 1.29 is 9.78 Å². The molecule has 3 rings (SSSR count). The third-order valence-corrected chi connectivity index (χ3v) is 2.72. The molecule has 6 heteroatoms. The molecule has 19 heavy (non-hydrogen) atoms. The van der Waals surface area contributed by atoms with Gasteiger partial charge in [-0.2, -0.15) is 0 Å². The number of nitrogens with zero attached hydrogens (tertiary/aromatic N) is 3. The van der Waals surface area contributed by atoms with Gasteiger partial charge in [-0.25, -0.2) is 19.7 Å². The molecular formula is C13H14ClN3O2. The number of hydrogen-bond acceptors (Lipinski definition) is 4. The molecule has 0 amide bonds. The highest BCUT2D eigenvalue weighted by molar-refractivity contribution is 6.33. The molecule has 0 spiro atoms. The summed E-state index contributed by atoms with van der Waals surface area (Å²) in [7, 11) is 1.49. The lowest BCUT2D eigenvalue weighted by molar-refractivity contribution is -0.268. The van der Waals surface area contributed by atoms with Crippen molar-refractivity contribution in [3.05, 3.63) is 41.9 Å². The van der Waals surface area contributed by atoms with Crippen molar-refractivity contribution in [2.75, 3.05) is 13.7 Å². The lowest BCUT2D eigenvalue weighted by atomic mass is 10.3. The highest BCUT2D eigenvalue weighted by Gasteiger charge is 2.05. The van der Waals surface area contributed by atoms with Crippen LogP contribution in [0, 0.1) is 0 Å². The van der Waals surface area contributed by atoms with Gasteiger partial charge in [-0.3, -0.25) is 4.40 Å². The Morgan fingerprint density at radius 2 is 2.05 bits per heavy atom. The van der Waals surface area contributed by atoms with Gasteiger partial charge in [-0.05, 0) is 19.1 Å².